The fraction of sp³-hybridized carbons (Fsp3) is 0.529. The molecule has 0 amide bonds. The predicted molar refractivity (Wildman–Crippen MR) is 82.9 cm³/mol. The van der Waals surface area contributed by atoms with E-state index in [-0.39, 0.29) is 5.92 Å². The molecule has 1 fully saturated rings. The number of rotatable bonds is 2. The maximum Gasteiger partial charge on any atom is 0.600 e. The third kappa shape index (κ3) is 5.17. The lowest BCUT2D eigenvalue weighted by molar-refractivity contribution is -1.73. The zero-order valence-corrected chi connectivity index (χ0v) is 16.2. The number of aryl methyl sites for hydroxylation is 1. The second-order valence-corrected chi connectivity index (χ2v) is 8.78. The number of hydrogen-bond donors (Lipinski definition) is 0. The first-order valence-electron chi connectivity index (χ1n) is 8.13. The molecular weight excluding hydrogens is 421 g/mol. The van der Waals surface area contributed by atoms with Crippen LogP contribution in [0.15, 0.2) is 24.3 Å². The minimum Gasteiger partial charge on any atom is -0.405 e. The Kier molecular flexibility index (Phi) is 7.28. The molecule has 1 aromatic heterocycles. The van der Waals surface area contributed by atoms with Gasteiger partial charge in [0.1, 0.15) is 0 Å². The predicted octanol–water partition coefficient (Wildman–Crippen LogP) is 3.11. The molecule has 0 saturated heterocycles. The van der Waals surface area contributed by atoms with Crippen LogP contribution in [0, 0.1) is 14.8 Å². The van der Waals surface area contributed by atoms with Gasteiger partial charge in [0.15, 0.2) is 9.58 Å². The van der Waals surface area contributed by atoms with Gasteiger partial charge in [-0.3, -0.25) is 0 Å². The monoisotopic (exact) mass is 440 g/mol. The second kappa shape index (κ2) is 8.81. The van der Waals surface area contributed by atoms with Crippen LogP contribution < -0.4 is 12.6 Å². The molecule has 3 nitrogen and oxygen atoms in total. The lowest BCUT2D eigenvalue weighted by Gasteiger charge is -2.18. The highest BCUT2D eigenvalue weighted by molar-refractivity contribution is 7.38. The Balaban J connectivity index is 0.000000511. The van der Waals surface area contributed by atoms with Gasteiger partial charge in [-0.1, -0.05) is 38.3 Å². The third-order valence-electron chi connectivity index (χ3n) is 4.52. The van der Waals surface area contributed by atoms with Gasteiger partial charge in [0, 0.05) is 17.4 Å². The van der Waals surface area contributed by atoms with E-state index in [0.717, 1.165) is 49.5 Å². The molecule has 25 heavy (non-hydrogen) atoms. The van der Waals surface area contributed by atoms with Gasteiger partial charge in [0.05, 0.1) is 10.5 Å². The SMILES string of the molecule is CCc1cccc2c1cc(C1CCCCC1)[s+]2C(F)(F)F.[O-][Br+2]([O-])[O-]. The molecule has 0 bridgehead atoms. The second-order valence-electron chi connectivity index (χ2n) is 6.01. The van der Waals surface area contributed by atoms with Crippen LogP contribution in [-0.2, 0) is 11.9 Å². The molecule has 1 aliphatic carbocycles. The van der Waals surface area contributed by atoms with Crippen molar-refractivity contribution in [1.29, 1.82) is 0 Å². The van der Waals surface area contributed by atoms with E-state index >= 15 is 0 Å². The molecule has 8 heteroatoms. The van der Waals surface area contributed by atoms with Crippen molar-refractivity contribution < 1.29 is 40.6 Å². The van der Waals surface area contributed by atoms with Crippen LogP contribution in [-0.4, -0.2) is 0 Å². The van der Waals surface area contributed by atoms with Crippen LogP contribution in [0.2, 0.25) is 0 Å². The highest BCUT2D eigenvalue weighted by Gasteiger charge is 2.49. The van der Waals surface area contributed by atoms with Gasteiger partial charge in [-0.25, -0.2) is 0 Å². The van der Waals surface area contributed by atoms with Crippen molar-refractivity contribution >= 4 is 20.6 Å². The molecule has 0 radical (unpaired) electrons. The van der Waals surface area contributed by atoms with E-state index in [1.807, 2.05) is 19.1 Å². The van der Waals surface area contributed by atoms with Gasteiger partial charge in [0.25, 0.3) is 0 Å². The van der Waals surface area contributed by atoms with Crippen LogP contribution >= 0.6 is 10.5 Å². The van der Waals surface area contributed by atoms with Crippen molar-refractivity contribution in [3.05, 3.63) is 34.7 Å². The van der Waals surface area contributed by atoms with Gasteiger partial charge in [-0.05, 0) is 30.9 Å². The first-order valence-corrected chi connectivity index (χ1v) is 11.3. The Morgan fingerprint density at radius 2 is 1.72 bits per heavy atom. The molecule has 1 saturated carbocycles. The molecule has 2 aromatic rings. The maximum atomic E-state index is 13.7. The van der Waals surface area contributed by atoms with Crippen molar-refractivity contribution in [2.24, 2.45) is 0 Å². The van der Waals surface area contributed by atoms with E-state index in [9.17, 15) is 13.2 Å². The van der Waals surface area contributed by atoms with Gasteiger partial charge in [0.2, 0.25) is 14.8 Å². The minimum atomic E-state index is -4.15. The van der Waals surface area contributed by atoms with Crippen LogP contribution in [0.4, 0.5) is 13.2 Å². The summed E-state index contributed by atoms with van der Waals surface area (Å²) < 4.78 is 67.0. The van der Waals surface area contributed by atoms with Gasteiger partial charge in [-0.15, -0.1) is 13.2 Å². The molecule has 1 aromatic carbocycles. The van der Waals surface area contributed by atoms with Gasteiger partial charge < -0.3 is 12.6 Å². The molecule has 1 heterocycles. The topological polar surface area (TPSA) is 69.2 Å². The summed E-state index contributed by atoms with van der Waals surface area (Å²) in [5.74, 6) is 0.126. The molecule has 140 valence electrons. The Hall–Kier alpha value is -0.670. The van der Waals surface area contributed by atoms with Crippen LogP contribution in [0.5, 0.6) is 0 Å². The number of halogens is 4. The molecule has 1 atom stereocenters. The van der Waals surface area contributed by atoms with Crippen molar-refractivity contribution in [2.45, 2.75) is 56.9 Å². The van der Waals surface area contributed by atoms with E-state index < -0.39 is 30.8 Å². The Bertz CT molecular complexity index is 691. The smallest absolute Gasteiger partial charge is 0.405 e. The highest BCUT2D eigenvalue weighted by atomic mass is 80.0. The number of alkyl halides is 3. The maximum absolute atomic E-state index is 13.7. The lowest BCUT2D eigenvalue weighted by atomic mass is 9.88. The van der Waals surface area contributed by atoms with Gasteiger partial charge in [-0.2, -0.15) is 0 Å². The molecule has 1 aliphatic rings. The fourth-order valence-corrected chi connectivity index (χ4v) is 5.70. The summed E-state index contributed by atoms with van der Waals surface area (Å²) in [7, 11) is -1.71. The first-order chi connectivity index (χ1) is 11.8. The van der Waals surface area contributed by atoms with Crippen molar-refractivity contribution in [3.63, 3.8) is 0 Å². The number of fused-ring (bicyclic) bond motifs is 1. The van der Waals surface area contributed by atoms with Gasteiger partial charge >= 0.3 is 5.51 Å². The summed E-state index contributed by atoms with van der Waals surface area (Å²) in [5, 5.41) is 0.848. The van der Waals surface area contributed by atoms with E-state index in [4.69, 9.17) is 12.6 Å². The molecule has 0 aliphatic heterocycles. The highest BCUT2D eigenvalue weighted by Crippen LogP contribution is 2.55. The summed E-state index contributed by atoms with van der Waals surface area (Å²) in [6, 6.07) is 7.29. The van der Waals surface area contributed by atoms with Crippen molar-refractivity contribution in [3.8, 4) is 0 Å². The van der Waals surface area contributed by atoms with E-state index in [1.54, 1.807) is 12.1 Å². The average molecular weight is 441 g/mol. The largest absolute Gasteiger partial charge is 0.600 e. The Morgan fingerprint density at radius 3 is 2.24 bits per heavy atom. The normalized spacial score (nSPS) is 16.9. The zero-order valence-electron chi connectivity index (χ0n) is 13.8. The standard InChI is InChI=1S/C17H20F3S.BrO3/c1-2-12-9-6-10-15-14(12)11-16(21(15)17(18,19)20)13-7-4-3-5-8-13;2-1(3)4/h6,9-11,13H,2-5,7-8H2,1H3;/q+1;-1. The number of hydrogen-bond acceptors (Lipinski definition) is 3. The fourth-order valence-electron chi connectivity index (χ4n) is 3.50. The van der Waals surface area contributed by atoms with Crippen molar-refractivity contribution in [1.82, 2.24) is 0 Å². The van der Waals surface area contributed by atoms with E-state index in [0.29, 0.717) is 9.58 Å². The molecule has 0 spiro atoms. The minimum absolute atomic E-state index is 0.126. The number of thiophene rings is 1. The summed E-state index contributed by atoms with van der Waals surface area (Å²) in [4.78, 5) is 0.651. The zero-order chi connectivity index (χ0) is 18.6. The summed E-state index contributed by atoms with van der Waals surface area (Å²) in [6.07, 6.45) is 5.91. The summed E-state index contributed by atoms with van der Waals surface area (Å²) in [5.41, 5.74) is -3.11. The van der Waals surface area contributed by atoms with E-state index in [2.05, 4.69) is 0 Å². The quantitative estimate of drug-likeness (QED) is 0.673. The van der Waals surface area contributed by atoms with Crippen LogP contribution in [0.25, 0.3) is 10.1 Å². The average Bonchev–Trinajstić information content (AvgIpc) is 2.94. The molecule has 3 rings (SSSR count). The van der Waals surface area contributed by atoms with Crippen LogP contribution in [0.3, 0.4) is 0 Å². The first kappa shape index (κ1) is 20.6. The Labute approximate surface area is 152 Å². The van der Waals surface area contributed by atoms with Crippen LogP contribution in [0.1, 0.15) is 55.4 Å². The Morgan fingerprint density at radius 1 is 1.12 bits per heavy atom. The molecule has 0 N–H and O–H groups in total. The third-order valence-corrected chi connectivity index (χ3v) is 6.70. The molecule has 1 unspecified atom stereocenters. The van der Waals surface area contributed by atoms with Crippen molar-refractivity contribution in [2.75, 3.05) is 0 Å². The van der Waals surface area contributed by atoms with E-state index in [1.165, 1.54) is 0 Å². The summed E-state index contributed by atoms with van der Waals surface area (Å²) >= 11 is -3.65. The summed E-state index contributed by atoms with van der Waals surface area (Å²) in [6.45, 7) is 2.01. The number of benzene rings is 1. The lowest BCUT2D eigenvalue weighted by Crippen LogP contribution is -2.42. The molecular formula is C17H20BrF3O3S.